The molecule has 32 heavy (non-hydrogen) atoms. The van der Waals surface area contributed by atoms with E-state index in [0.717, 1.165) is 27.7 Å². The summed E-state index contributed by atoms with van der Waals surface area (Å²) in [4.78, 5) is 16.1. The molecule has 0 radical (unpaired) electrons. The maximum Gasteiger partial charge on any atom is 0.261 e. The summed E-state index contributed by atoms with van der Waals surface area (Å²) in [6.07, 6.45) is 8.66. The average molecular weight is 462 g/mol. The molecule has 0 spiro atoms. The number of pyridine rings is 3. The molecular formula is C23H16ClN5O2S. The summed E-state index contributed by atoms with van der Waals surface area (Å²) in [5.41, 5.74) is 4.39. The van der Waals surface area contributed by atoms with Crippen LogP contribution in [0.5, 0.6) is 0 Å². The number of aromatic amines is 1. The standard InChI is InChI=1S/C23H16ClN5O2S/c24-22-21(29-32(30,31)18-4-2-1-3-5-18)11-17(12-26-22)16-10-19-20(14-28-23(19)27-13-16)15-6-8-25-9-7-15/h1-14,29H,(H,27,28). The van der Waals surface area contributed by atoms with Gasteiger partial charge in [0.2, 0.25) is 0 Å². The number of benzene rings is 1. The Bertz CT molecular complexity index is 1520. The maximum absolute atomic E-state index is 12.7. The van der Waals surface area contributed by atoms with Crippen LogP contribution in [0, 0.1) is 0 Å². The first-order valence-corrected chi connectivity index (χ1v) is 11.5. The molecule has 9 heteroatoms. The smallest absolute Gasteiger partial charge is 0.261 e. The molecule has 0 saturated heterocycles. The van der Waals surface area contributed by atoms with Crippen molar-refractivity contribution in [3.63, 3.8) is 0 Å². The van der Waals surface area contributed by atoms with Crippen LogP contribution in [-0.4, -0.2) is 28.4 Å². The second-order valence-corrected chi connectivity index (χ2v) is 9.08. The number of hydrogen-bond acceptors (Lipinski definition) is 5. The zero-order valence-electron chi connectivity index (χ0n) is 16.5. The van der Waals surface area contributed by atoms with Crippen LogP contribution >= 0.6 is 11.6 Å². The van der Waals surface area contributed by atoms with Gasteiger partial charge in [-0.2, -0.15) is 0 Å². The molecular weight excluding hydrogens is 446 g/mol. The molecule has 1 aromatic carbocycles. The van der Waals surface area contributed by atoms with E-state index >= 15 is 0 Å². The molecule has 0 saturated carbocycles. The monoisotopic (exact) mass is 461 g/mol. The SMILES string of the molecule is O=S(=O)(Nc1cc(-c2cnc3[nH]cc(-c4ccncc4)c3c2)cnc1Cl)c1ccccc1. The number of sulfonamides is 1. The lowest BCUT2D eigenvalue weighted by atomic mass is 10.0. The molecule has 0 amide bonds. The Labute approximate surface area is 189 Å². The highest BCUT2D eigenvalue weighted by molar-refractivity contribution is 7.92. The molecule has 0 fully saturated rings. The Morgan fingerprint density at radius 2 is 1.59 bits per heavy atom. The van der Waals surface area contributed by atoms with Gasteiger partial charge in [0, 0.05) is 53.1 Å². The summed E-state index contributed by atoms with van der Waals surface area (Å²) in [5.74, 6) is 0. The summed E-state index contributed by atoms with van der Waals surface area (Å²) < 4.78 is 28.0. The van der Waals surface area contributed by atoms with Gasteiger partial charge >= 0.3 is 0 Å². The highest BCUT2D eigenvalue weighted by Gasteiger charge is 2.17. The molecule has 0 bridgehead atoms. The van der Waals surface area contributed by atoms with E-state index in [1.54, 1.807) is 49.1 Å². The van der Waals surface area contributed by atoms with Crippen molar-refractivity contribution in [1.82, 2.24) is 19.9 Å². The highest BCUT2D eigenvalue weighted by Crippen LogP contribution is 2.33. The van der Waals surface area contributed by atoms with Gasteiger partial charge in [0.25, 0.3) is 10.0 Å². The van der Waals surface area contributed by atoms with Crippen molar-refractivity contribution in [2.24, 2.45) is 0 Å². The van der Waals surface area contributed by atoms with Crippen LogP contribution in [0.2, 0.25) is 5.15 Å². The van der Waals surface area contributed by atoms with Crippen molar-refractivity contribution in [3.8, 4) is 22.3 Å². The van der Waals surface area contributed by atoms with E-state index in [1.165, 1.54) is 12.1 Å². The van der Waals surface area contributed by atoms with Crippen molar-refractivity contribution in [3.05, 3.63) is 90.7 Å². The fourth-order valence-electron chi connectivity index (χ4n) is 3.41. The lowest BCUT2D eigenvalue weighted by molar-refractivity contribution is 0.601. The molecule has 0 aliphatic carbocycles. The maximum atomic E-state index is 12.7. The minimum absolute atomic E-state index is 0.0569. The predicted octanol–water partition coefficient (Wildman–Crippen LogP) is 5.14. The van der Waals surface area contributed by atoms with E-state index in [1.807, 2.05) is 24.4 Å². The number of anilines is 1. The summed E-state index contributed by atoms with van der Waals surface area (Å²) >= 11 is 6.20. The highest BCUT2D eigenvalue weighted by atomic mass is 35.5. The van der Waals surface area contributed by atoms with E-state index < -0.39 is 10.0 Å². The van der Waals surface area contributed by atoms with Crippen LogP contribution in [0.25, 0.3) is 33.3 Å². The van der Waals surface area contributed by atoms with Gasteiger partial charge in [-0.3, -0.25) is 9.71 Å². The molecule has 4 aromatic heterocycles. The van der Waals surface area contributed by atoms with Gasteiger partial charge < -0.3 is 4.98 Å². The number of halogens is 1. The normalized spacial score (nSPS) is 11.5. The summed E-state index contributed by atoms with van der Waals surface area (Å²) in [6.45, 7) is 0. The molecule has 7 nitrogen and oxygen atoms in total. The predicted molar refractivity (Wildman–Crippen MR) is 125 cm³/mol. The van der Waals surface area contributed by atoms with E-state index in [-0.39, 0.29) is 15.7 Å². The van der Waals surface area contributed by atoms with Crippen molar-refractivity contribution in [1.29, 1.82) is 0 Å². The zero-order chi connectivity index (χ0) is 22.1. The van der Waals surface area contributed by atoms with Gasteiger partial charge in [0.1, 0.15) is 5.65 Å². The average Bonchev–Trinajstić information content (AvgIpc) is 3.25. The molecule has 0 aliphatic heterocycles. The third-order valence-electron chi connectivity index (χ3n) is 4.99. The van der Waals surface area contributed by atoms with Gasteiger partial charge in [-0.1, -0.05) is 29.8 Å². The van der Waals surface area contributed by atoms with Crippen molar-refractivity contribution in [2.45, 2.75) is 4.90 Å². The first kappa shape index (κ1) is 20.2. The zero-order valence-corrected chi connectivity index (χ0v) is 18.1. The topological polar surface area (TPSA) is 101 Å². The molecule has 5 rings (SSSR count). The molecule has 4 heterocycles. The first-order valence-electron chi connectivity index (χ1n) is 9.62. The minimum Gasteiger partial charge on any atom is -0.346 e. The number of hydrogen-bond donors (Lipinski definition) is 2. The van der Waals surface area contributed by atoms with Crippen molar-refractivity contribution in [2.75, 3.05) is 4.72 Å². The number of fused-ring (bicyclic) bond motifs is 1. The molecule has 0 aliphatic rings. The molecule has 158 valence electrons. The quantitative estimate of drug-likeness (QED) is 0.353. The minimum atomic E-state index is -3.80. The molecule has 0 unspecified atom stereocenters. The Hall–Kier alpha value is -3.75. The lowest BCUT2D eigenvalue weighted by Gasteiger charge is -2.11. The van der Waals surface area contributed by atoms with E-state index in [4.69, 9.17) is 11.6 Å². The Balaban J connectivity index is 1.55. The number of aromatic nitrogens is 4. The second kappa shape index (κ2) is 8.07. The van der Waals surface area contributed by atoms with Crippen LogP contribution in [0.1, 0.15) is 0 Å². The van der Waals surface area contributed by atoms with Gasteiger partial charge in [-0.05, 0) is 42.0 Å². The number of rotatable bonds is 5. The Morgan fingerprint density at radius 3 is 2.38 bits per heavy atom. The van der Waals surface area contributed by atoms with Gasteiger partial charge in [0.05, 0.1) is 10.6 Å². The Morgan fingerprint density at radius 1 is 0.875 bits per heavy atom. The Kier molecular flexibility index (Phi) is 5.08. The first-order chi connectivity index (χ1) is 15.5. The second-order valence-electron chi connectivity index (χ2n) is 7.04. The molecule has 5 aromatic rings. The van der Waals surface area contributed by atoms with E-state index in [2.05, 4.69) is 24.7 Å². The summed E-state index contributed by atoms with van der Waals surface area (Å²) in [7, 11) is -3.80. The van der Waals surface area contributed by atoms with E-state index in [9.17, 15) is 8.42 Å². The fourth-order valence-corrected chi connectivity index (χ4v) is 4.70. The van der Waals surface area contributed by atoms with Gasteiger partial charge in [0.15, 0.2) is 5.15 Å². The number of nitrogens with one attached hydrogen (secondary N) is 2. The van der Waals surface area contributed by atoms with Crippen LogP contribution in [0.15, 0.2) is 90.5 Å². The van der Waals surface area contributed by atoms with Gasteiger partial charge in [-0.15, -0.1) is 0 Å². The molecule has 2 N–H and O–H groups in total. The third kappa shape index (κ3) is 3.81. The number of H-pyrrole nitrogens is 1. The van der Waals surface area contributed by atoms with E-state index in [0.29, 0.717) is 5.56 Å². The van der Waals surface area contributed by atoms with Crippen LogP contribution in [0.3, 0.4) is 0 Å². The molecule has 0 atom stereocenters. The van der Waals surface area contributed by atoms with Crippen LogP contribution in [-0.2, 0) is 10.0 Å². The summed E-state index contributed by atoms with van der Waals surface area (Å²) in [6, 6.07) is 15.6. The fraction of sp³-hybridized carbons (Fsp3) is 0. The van der Waals surface area contributed by atoms with Crippen molar-refractivity contribution < 1.29 is 8.42 Å². The summed E-state index contributed by atoms with van der Waals surface area (Å²) in [5, 5.41) is 0.983. The van der Waals surface area contributed by atoms with Crippen LogP contribution in [0.4, 0.5) is 5.69 Å². The lowest BCUT2D eigenvalue weighted by Crippen LogP contribution is -2.13. The van der Waals surface area contributed by atoms with Gasteiger partial charge in [-0.25, -0.2) is 18.4 Å². The largest absolute Gasteiger partial charge is 0.346 e. The number of nitrogens with zero attached hydrogens (tertiary/aromatic N) is 3. The third-order valence-corrected chi connectivity index (χ3v) is 6.68. The van der Waals surface area contributed by atoms with Crippen molar-refractivity contribution >= 4 is 38.3 Å². The van der Waals surface area contributed by atoms with Crippen LogP contribution < -0.4 is 4.72 Å².